The van der Waals surface area contributed by atoms with Crippen LogP contribution in [-0.2, 0) is 13.1 Å². The van der Waals surface area contributed by atoms with Crippen LogP contribution in [0.15, 0.2) is 44.0 Å². The van der Waals surface area contributed by atoms with Gasteiger partial charge in [-0.15, -0.1) is 17.5 Å². The van der Waals surface area contributed by atoms with Crippen LogP contribution in [0.5, 0.6) is 0 Å². The minimum Gasteiger partial charge on any atom is -0.404 e. The molecule has 10 nitrogen and oxygen atoms in total. The molecule has 1 fully saturated rings. The van der Waals surface area contributed by atoms with Crippen LogP contribution in [0, 0.1) is 15.9 Å². The molecule has 0 saturated carbocycles. The van der Waals surface area contributed by atoms with Crippen LogP contribution in [-0.4, -0.2) is 27.8 Å². The molecule has 1 aliphatic rings. The molecule has 172 valence electrons. The lowest BCUT2D eigenvalue weighted by atomic mass is 9.96. The molecule has 0 radical (unpaired) electrons. The number of halogens is 2. The number of anilines is 2. The molecule has 3 aromatic rings. The van der Waals surface area contributed by atoms with Gasteiger partial charge in [-0.3, -0.25) is 10.1 Å². The summed E-state index contributed by atoms with van der Waals surface area (Å²) >= 11 is 0. The van der Waals surface area contributed by atoms with E-state index in [1.54, 1.807) is 12.1 Å². The number of aryl methyl sites for hydroxylation is 1. The third-order valence-electron chi connectivity index (χ3n) is 5.35. The fraction of sp³-hybridized carbons (Fsp3) is 0.400. The first kappa shape index (κ1) is 23.3. The zero-order valence-corrected chi connectivity index (χ0v) is 18.1. The van der Waals surface area contributed by atoms with Crippen LogP contribution in [0.1, 0.15) is 37.3 Å². The smallest absolute Gasteiger partial charge is 0.404 e. The number of aromatic nitrogens is 2. The van der Waals surface area contributed by atoms with Crippen LogP contribution in [0.2, 0.25) is 0 Å². The van der Waals surface area contributed by atoms with E-state index in [1.165, 1.54) is 22.9 Å². The van der Waals surface area contributed by atoms with E-state index in [0.717, 1.165) is 0 Å². The van der Waals surface area contributed by atoms with Gasteiger partial charge in [0.25, 0.3) is 0 Å². The molecule has 3 heterocycles. The Labute approximate surface area is 188 Å². The molecule has 1 aromatic carbocycles. The van der Waals surface area contributed by atoms with Crippen molar-refractivity contribution in [2.24, 2.45) is 0 Å². The van der Waals surface area contributed by atoms with Crippen LogP contribution < -0.4 is 16.0 Å². The summed E-state index contributed by atoms with van der Waals surface area (Å²) in [7, 11) is 0. The van der Waals surface area contributed by atoms with Crippen LogP contribution >= 0.6 is 12.4 Å². The summed E-state index contributed by atoms with van der Waals surface area (Å²) in [4.78, 5) is 23.7. The second-order valence-corrected chi connectivity index (χ2v) is 7.30. The molecule has 1 N–H and O–H groups in total. The Hall–Kier alpha value is -3.34. The highest BCUT2D eigenvalue weighted by Gasteiger charge is 2.26. The number of nitro groups is 1. The van der Waals surface area contributed by atoms with Gasteiger partial charge in [0, 0.05) is 31.2 Å². The second-order valence-electron chi connectivity index (χ2n) is 7.30. The third kappa shape index (κ3) is 4.93. The maximum atomic E-state index is 14.7. The van der Waals surface area contributed by atoms with E-state index in [1.807, 2.05) is 11.8 Å². The Bertz CT molecular complexity index is 1140. The monoisotopic (exact) mass is 467 g/mol. The molecule has 0 amide bonds. The molecular formula is C20H23ClFN5O5. The summed E-state index contributed by atoms with van der Waals surface area (Å²) in [6.45, 7) is 3.73. The first-order valence-corrected chi connectivity index (χ1v) is 10.0. The molecule has 1 saturated heterocycles. The fourth-order valence-electron chi connectivity index (χ4n) is 3.68. The average Bonchev–Trinajstić information content (AvgIpc) is 3.39. The van der Waals surface area contributed by atoms with E-state index in [4.69, 9.17) is 8.83 Å². The molecule has 0 atom stereocenters. The highest BCUT2D eigenvalue weighted by atomic mass is 35.5. The van der Waals surface area contributed by atoms with Gasteiger partial charge in [0.15, 0.2) is 0 Å². The number of furan rings is 1. The lowest BCUT2D eigenvalue weighted by Gasteiger charge is -2.32. The lowest BCUT2D eigenvalue weighted by Crippen LogP contribution is -2.33. The maximum absolute atomic E-state index is 14.7. The van der Waals surface area contributed by atoms with Crippen molar-refractivity contribution in [1.29, 1.82) is 0 Å². The third-order valence-corrected chi connectivity index (χ3v) is 5.35. The van der Waals surface area contributed by atoms with Crippen LogP contribution in [0.25, 0.3) is 0 Å². The Morgan fingerprint density at radius 2 is 2.00 bits per heavy atom. The van der Waals surface area contributed by atoms with Gasteiger partial charge < -0.3 is 19.1 Å². The first-order chi connectivity index (χ1) is 14.9. The van der Waals surface area contributed by atoms with Gasteiger partial charge in [0.2, 0.25) is 5.89 Å². The van der Waals surface area contributed by atoms with Gasteiger partial charge in [-0.05, 0) is 44.0 Å². The van der Waals surface area contributed by atoms with Crippen molar-refractivity contribution in [3.63, 3.8) is 0 Å². The summed E-state index contributed by atoms with van der Waals surface area (Å²) < 4.78 is 26.4. The van der Waals surface area contributed by atoms with E-state index >= 15 is 0 Å². The highest BCUT2D eigenvalue weighted by Crippen LogP contribution is 2.31. The Morgan fingerprint density at radius 3 is 2.59 bits per heavy atom. The average molecular weight is 468 g/mol. The fourth-order valence-corrected chi connectivity index (χ4v) is 3.68. The Balaban J connectivity index is 0.00000289. The van der Waals surface area contributed by atoms with Crippen molar-refractivity contribution in [3.8, 4) is 0 Å². The number of nitrogens with one attached hydrogen (secondary N) is 1. The van der Waals surface area contributed by atoms with Gasteiger partial charge in [0.1, 0.15) is 16.5 Å². The first-order valence-electron chi connectivity index (χ1n) is 10.0. The Morgan fingerprint density at radius 1 is 1.25 bits per heavy atom. The standard InChI is InChI=1S/C20H22FN5O5.ClH/c1-2-25-20(27)31-19(23-25)13-7-9-24(10-8-13)17-5-3-14(11-16(17)21)22-12-15-4-6-18(30-15)26(28)29;/h3-6,11,13,22H,2,7-10,12H2,1H3;1H. The van der Waals surface area contributed by atoms with E-state index < -0.39 is 10.7 Å². The van der Waals surface area contributed by atoms with Gasteiger partial charge in [-0.25, -0.2) is 9.18 Å². The molecule has 12 heteroatoms. The predicted octanol–water partition coefficient (Wildman–Crippen LogP) is 3.91. The minimum atomic E-state index is -0.607. The second kappa shape index (κ2) is 9.86. The summed E-state index contributed by atoms with van der Waals surface area (Å²) in [5, 5.41) is 17.9. The van der Waals surface area contributed by atoms with Crippen molar-refractivity contribution >= 4 is 29.7 Å². The summed E-state index contributed by atoms with van der Waals surface area (Å²) in [5.74, 6) is -0.269. The molecule has 0 unspecified atom stereocenters. The van der Waals surface area contributed by atoms with Gasteiger partial charge >= 0.3 is 11.6 Å². The highest BCUT2D eigenvalue weighted by molar-refractivity contribution is 5.85. The van der Waals surface area contributed by atoms with Crippen LogP contribution in [0.3, 0.4) is 0 Å². The van der Waals surface area contributed by atoms with Gasteiger partial charge in [-0.1, -0.05) is 0 Å². The zero-order valence-electron chi connectivity index (χ0n) is 17.3. The molecule has 4 rings (SSSR count). The number of hydrogen-bond donors (Lipinski definition) is 1. The van der Waals surface area contributed by atoms with E-state index in [9.17, 15) is 19.3 Å². The quantitative estimate of drug-likeness (QED) is 0.410. The van der Waals surface area contributed by atoms with Crippen molar-refractivity contribution in [2.75, 3.05) is 23.3 Å². The predicted molar refractivity (Wildman–Crippen MR) is 117 cm³/mol. The number of nitrogens with zero attached hydrogens (tertiary/aromatic N) is 4. The lowest BCUT2D eigenvalue weighted by molar-refractivity contribution is -0.402. The molecule has 2 aromatic heterocycles. The number of piperidine rings is 1. The van der Waals surface area contributed by atoms with Gasteiger partial charge in [-0.2, -0.15) is 4.68 Å². The Kier molecular flexibility index (Phi) is 7.18. The van der Waals surface area contributed by atoms with Crippen molar-refractivity contribution in [1.82, 2.24) is 9.78 Å². The van der Waals surface area contributed by atoms with E-state index in [2.05, 4.69) is 10.4 Å². The maximum Gasteiger partial charge on any atom is 0.437 e. The summed E-state index contributed by atoms with van der Waals surface area (Å²) in [6, 6.07) is 7.63. The summed E-state index contributed by atoms with van der Waals surface area (Å²) in [6.07, 6.45) is 1.42. The SMILES string of the molecule is CCn1nc(C2CCN(c3ccc(NCc4ccc([N+](=O)[O-])o4)cc3F)CC2)oc1=O.Cl. The van der Waals surface area contributed by atoms with Crippen molar-refractivity contribution in [3.05, 3.63) is 68.5 Å². The number of hydrogen-bond acceptors (Lipinski definition) is 8. The van der Waals surface area contributed by atoms with Crippen LogP contribution in [0.4, 0.5) is 21.6 Å². The normalized spacial score (nSPS) is 14.2. The summed E-state index contributed by atoms with van der Waals surface area (Å²) in [5.41, 5.74) is 1.04. The molecule has 0 spiro atoms. The van der Waals surface area contributed by atoms with Gasteiger partial charge in [0.05, 0.1) is 18.3 Å². The zero-order chi connectivity index (χ0) is 22.0. The van der Waals surface area contributed by atoms with Crippen molar-refractivity contribution < 1.29 is 18.1 Å². The number of benzene rings is 1. The molecule has 32 heavy (non-hydrogen) atoms. The van der Waals surface area contributed by atoms with E-state index in [0.29, 0.717) is 55.5 Å². The molecule has 1 aliphatic heterocycles. The molecule has 0 bridgehead atoms. The largest absolute Gasteiger partial charge is 0.437 e. The molecule has 0 aliphatic carbocycles. The topological polar surface area (TPSA) is 120 Å². The van der Waals surface area contributed by atoms with Crippen molar-refractivity contribution in [2.45, 2.75) is 38.8 Å². The van der Waals surface area contributed by atoms with E-state index in [-0.39, 0.29) is 36.6 Å². The molecular weight excluding hydrogens is 445 g/mol. The minimum absolute atomic E-state index is 0. The number of rotatable bonds is 7.